The second kappa shape index (κ2) is 7.98. The zero-order chi connectivity index (χ0) is 16.0. The van der Waals surface area contributed by atoms with E-state index in [4.69, 9.17) is 11.5 Å². The van der Waals surface area contributed by atoms with Crippen molar-refractivity contribution in [3.63, 3.8) is 0 Å². The number of nitrogens with two attached hydrogens (primary N) is 2. The number of primary amides is 2. The number of amides is 2. The van der Waals surface area contributed by atoms with Crippen LogP contribution in [0, 0.1) is 17.3 Å². The van der Waals surface area contributed by atoms with Crippen LogP contribution in [0.15, 0.2) is 0 Å². The van der Waals surface area contributed by atoms with Gasteiger partial charge in [0.1, 0.15) is 0 Å². The van der Waals surface area contributed by atoms with Gasteiger partial charge >= 0.3 is 0 Å². The summed E-state index contributed by atoms with van der Waals surface area (Å²) in [6.45, 7) is 0. The van der Waals surface area contributed by atoms with Gasteiger partial charge in [0.25, 0.3) is 0 Å². The molecule has 4 N–H and O–H groups in total. The molecule has 126 valence electrons. The van der Waals surface area contributed by atoms with Crippen molar-refractivity contribution in [3.05, 3.63) is 0 Å². The lowest BCUT2D eigenvalue weighted by Crippen LogP contribution is -2.48. The van der Waals surface area contributed by atoms with E-state index >= 15 is 0 Å². The third-order valence-corrected chi connectivity index (χ3v) is 6.11. The van der Waals surface area contributed by atoms with Gasteiger partial charge < -0.3 is 11.5 Å². The minimum absolute atomic E-state index is 0.0645. The Balaban J connectivity index is 2.14. The largest absolute Gasteiger partial charge is 0.369 e. The maximum absolute atomic E-state index is 12.3. The molecule has 0 aliphatic heterocycles. The average molecular weight is 308 g/mol. The van der Waals surface area contributed by atoms with Crippen LogP contribution < -0.4 is 11.5 Å². The molecule has 2 rings (SSSR count). The van der Waals surface area contributed by atoms with E-state index in [2.05, 4.69) is 0 Å². The Morgan fingerprint density at radius 2 is 1.36 bits per heavy atom. The van der Waals surface area contributed by atoms with Crippen LogP contribution >= 0.6 is 0 Å². The number of carbonyl (C=O) groups is 2. The SMILES string of the molecule is NC(=O)C1CCC2(C(N)=O)CCCCCCCCCCC2C1. The van der Waals surface area contributed by atoms with Crippen LogP contribution in [0.1, 0.15) is 83.5 Å². The van der Waals surface area contributed by atoms with Crippen molar-refractivity contribution in [2.24, 2.45) is 28.7 Å². The number of hydrogen-bond donors (Lipinski definition) is 2. The van der Waals surface area contributed by atoms with E-state index in [0.29, 0.717) is 0 Å². The first-order chi connectivity index (χ1) is 10.6. The van der Waals surface area contributed by atoms with Gasteiger partial charge in [0, 0.05) is 5.92 Å². The highest BCUT2D eigenvalue weighted by molar-refractivity contribution is 5.82. The van der Waals surface area contributed by atoms with Crippen molar-refractivity contribution in [2.45, 2.75) is 83.5 Å². The molecule has 0 saturated heterocycles. The van der Waals surface area contributed by atoms with E-state index in [0.717, 1.165) is 44.9 Å². The van der Waals surface area contributed by atoms with E-state index in [1.165, 1.54) is 38.5 Å². The zero-order valence-corrected chi connectivity index (χ0v) is 13.8. The molecule has 3 atom stereocenters. The van der Waals surface area contributed by atoms with Crippen molar-refractivity contribution < 1.29 is 9.59 Å². The molecule has 0 bridgehead atoms. The smallest absolute Gasteiger partial charge is 0.223 e. The molecule has 4 nitrogen and oxygen atoms in total. The summed E-state index contributed by atoms with van der Waals surface area (Å²) in [5, 5.41) is 0. The predicted molar refractivity (Wildman–Crippen MR) is 87.8 cm³/mol. The summed E-state index contributed by atoms with van der Waals surface area (Å²) in [4.78, 5) is 23.9. The van der Waals surface area contributed by atoms with E-state index in [-0.39, 0.29) is 29.1 Å². The molecule has 2 fully saturated rings. The molecule has 3 unspecified atom stereocenters. The average Bonchev–Trinajstić information content (AvgIpc) is 2.47. The summed E-state index contributed by atoms with van der Waals surface area (Å²) >= 11 is 0. The van der Waals surface area contributed by atoms with Crippen LogP contribution in [-0.4, -0.2) is 11.8 Å². The van der Waals surface area contributed by atoms with Gasteiger partial charge in [-0.1, -0.05) is 51.4 Å². The molecule has 2 saturated carbocycles. The minimum Gasteiger partial charge on any atom is -0.369 e. The van der Waals surface area contributed by atoms with Gasteiger partial charge in [-0.25, -0.2) is 0 Å². The normalized spacial score (nSPS) is 34.7. The second-order valence-corrected chi connectivity index (χ2v) is 7.46. The topological polar surface area (TPSA) is 86.2 Å². The van der Waals surface area contributed by atoms with Crippen LogP contribution in [0.25, 0.3) is 0 Å². The lowest BCUT2D eigenvalue weighted by molar-refractivity contribution is -0.138. The van der Waals surface area contributed by atoms with Crippen LogP contribution in [0.2, 0.25) is 0 Å². The molecule has 0 spiro atoms. The first-order valence-corrected chi connectivity index (χ1v) is 9.15. The van der Waals surface area contributed by atoms with Gasteiger partial charge in [0.15, 0.2) is 0 Å². The number of hydrogen-bond acceptors (Lipinski definition) is 2. The van der Waals surface area contributed by atoms with Gasteiger partial charge in [-0.15, -0.1) is 0 Å². The maximum atomic E-state index is 12.3. The number of rotatable bonds is 2. The van der Waals surface area contributed by atoms with Crippen LogP contribution in [0.4, 0.5) is 0 Å². The van der Waals surface area contributed by atoms with Gasteiger partial charge in [-0.05, 0) is 38.0 Å². The fourth-order valence-electron chi connectivity index (χ4n) is 4.64. The Bertz CT molecular complexity index is 397. The summed E-state index contributed by atoms with van der Waals surface area (Å²) in [7, 11) is 0. The molecule has 0 aromatic heterocycles. The fourth-order valence-corrected chi connectivity index (χ4v) is 4.64. The van der Waals surface area contributed by atoms with Gasteiger partial charge in [0.2, 0.25) is 11.8 Å². The van der Waals surface area contributed by atoms with Gasteiger partial charge in [0.05, 0.1) is 5.41 Å². The Morgan fingerprint density at radius 1 is 0.773 bits per heavy atom. The first kappa shape index (κ1) is 17.3. The summed E-state index contributed by atoms with van der Waals surface area (Å²) in [6.07, 6.45) is 14.0. The summed E-state index contributed by atoms with van der Waals surface area (Å²) in [5.74, 6) is -0.164. The molecular formula is C18H32N2O2. The summed E-state index contributed by atoms with van der Waals surface area (Å²) < 4.78 is 0. The molecule has 4 heteroatoms. The van der Waals surface area contributed by atoms with E-state index in [1.807, 2.05) is 0 Å². The Morgan fingerprint density at radius 3 is 1.95 bits per heavy atom. The third kappa shape index (κ3) is 4.02. The highest BCUT2D eigenvalue weighted by Gasteiger charge is 2.47. The molecule has 2 aliphatic carbocycles. The monoisotopic (exact) mass is 308 g/mol. The van der Waals surface area contributed by atoms with Crippen LogP contribution in [-0.2, 0) is 9.59 Å². The summed E-state index contributed by atoms with van der Waals surface area (Å²) in [5.41, 5.74) is 11.0. The second-order valence-electron chi connectivity index (χ2n) is 7.46. The van der Waals surface area contributed by atoms with Crippen molar-refractivity contribution in [2.75, 3.05) is 0 Å². The standard InChI is InChI=1S/C18H32N2O2/c19-16(21)14-10-12-18(17(20)22)11-8-6-4-2-1-3-5-7-9-15(18)13-14/h14-15H,1-13H2,(H2,19,21)(H2,20,22). The molecular weight excluding hydrogens is 276 g/mol. The number of carbonyl (C=O) groups excluding carboxylic acids is 2. The van der Waals surface area contributed by atoms with Crippen LogP contribution in [0.3, 0.4) is 0 Å². The highest BCUT2D eigenvalue weighted by Crippen LogP contribution is 2.49. The number of fused-ring (bicyclic) bond motifs is 1. The van der Waals surface area contributed by atoms with E-state index < -0.39 is 0 Å². The minimum atomic E-state index is -0.384. The molecule has 2 amide bonds. The molecule has 2 aliphatic rings. The Hall–Kier alpha value is -1.06. The van der Waals surface area contributed by atoms with Crippen molar-refractivity contribution in [1.82, 2.24) is 0 Å². The van der Waals surface area contributed by atoms with Gasteiger partial charge in [-0.2, -0.15) is 0 Å². The molecule has 0 aromatic rings. The molecule has 22 heavy (non-hydrogen) atoms. The van der Waals surface area contributed by atoms with Gasteiger partial charge in [-0.3, -0.25) is 9.59 Å². The molecule has 0 radical (unpaired) electrons. The fraction of sp³-hybridized carbons (Fsp3) is 0.889. The molecule has 0 aromatic carbocycles. The lowest BCUT2D eigenvalue weighted by Gasteiger charge is -2.44. The highest BCUT2D eigenvalue weighted by atomic mass is 16.1. The van der Waals surface area contributed by atoms with Crippen molar-refractivity contribution in [3.8, 4) is 0 Å². The maximum Gasteiger partial charge on any atom is 0.223 e. The first-order valence-electron chi connectivity index (χ1n) is 9.15. The third-order valence-electron chi connectivity index (χ3n) is 6.11. The predicted octanol–water partition coefficient (Wildman–Crippen LogP) is 3.27. The Kier molecular flexibility index (Phi) is 6.27. The lowest BCUT2D eigenvalue weighted by atomic mass is 9.59. The molecule has 0 heterocycles. The zero-order valence-electron chi connectivity index (χ0n) is 13.8. The van der Waals surface area contributed by atoms with Crippen molar-refractivity contribution in [1.29, 1.82) is 0 Å². The Labute approximate surface area is 134 Å². The van der Waals surface area contributed by atoms with E-state index in [9.17, 15) is 9.59 Å². The quantitative estimate of drug-likeness (QED) is 0.820. The summed E-state index contributed by atoms with van der Waals surface area (Å²) in [6, 6.07) is 0. The van der Waals surface area contributed by atoms with E-state index in [1.54, 1.807) is 0 Å². The van der Waals surface area contributed by atoms with Crippen molar-refractivity contribution >= 4 is 11.8 Å². The van der Waals surface area contributed by atoms with Crippen LogP contribution in [0.5, 0.6) is 0 Å².